The van der Waals surface area contributed by atoms with Crippen LogP contribution in [0.5, 0.6) is 0 Å². The maximum absolute atomic E-state index is 13.6. The number of nitrogen functional groups attached to an aromatic ring is 1. The summed E-state index contributed by atoms with van der Waals surface area (Å²) in [6.45, 7) is 3.53. The van der Waals surface area contributed by atoms with Crippen LogP contribution < -0.4 is 11.1 Å². The summed E-state index contributed by atoms with van der Waals surface area (Å²) in [5, 5.41) is 12.1. The molecule has 0 bridgehead atoms. The van der Waals surface area contributed by atoms with E-state index in [4.69, 9.17) is 10.8 Å². The Morgan fingerprint density at radius 2 is 2.14 bits per heavy atom. The Morgan fingerprint density at radius 3 is 2.76 bits per heavy atom. The van der Waals surface area contributed by atoms with Gasteiger partial charge < -0.3 is 16.2 Å². The molecule has 0 radical (unpaired) electrons. The van der Waals surface area contributed by atoms with Crippen molar-refractivity contribution in [2.75, 3.05) is 11.1 Å². The highest BCUT2D eigenvalue weighted by Gasteiger charge is 2.12. The van der Waals surface area contributed by atoms with E-state index in [9.17, 15) is 9.18 Å². The van der Waals surface area contributed by atoms with Gasteiger partial charge in [-0.1, -0.05) is 12.1 Å². The number of nitrogens with two attached hydrogens (primary N) is 1. The first-order valence-electron chi connectivity index (χ1n) is 6.40. The first-order chi connectivity index (χ1) is 9.88. The number of benzene rings is 1. The van der Waals surface area contributed by atoms with Crippen LogP contribution in [-0.4, -0.2) is 16.1 Å². The van der Waals surface area contributed by atoms with Crippen LogP contribution in [0.15, 0.2) is 30.5 Å². The molecule has 0 aliphatic heterocycles. The lowest BCUT2D eigenvalue weighted by Crippen LogP contribution is -2.11. The second kappa shape index (κ2) is 5.78. The molecule has 5 nitrogen and oxygen atoms in total. The van der Waals surface area contributed by atoms with Gasteiger partial charge in [0.2, 0.25) is 0 Å². The van der Waals surface area contributed by atoms with Gasteiger partial charge in [-0.2, -0.15) is 0 Å². The van der Waals surface area contributed by atoms with Gasteiger partial charge in [0.25, 0.3) is 0 Å². The standard InChI is InChI=1S/C15H16FN3O2/c1-8-3-4-10(5-12(8)16)9(2)19-14-6-11(15(20)21)13(17)7-18-14/h3-7,9H,17H2,1-2H3,(H,18,19)(H,20,21). The van der Waals surface area contributed by atoms with Gasteiger partial charge in [-0.15, -0.1) is 0 Å². The number of aromatic nitrogens is 1. The average Bonchev–Trinajstić information content (AvgIpc) is 2.43. The fourth-order valence-electron chi connectivity index (χ4n) is 1.91. The number of nitrogens with zero attached hydrogens (tertiary/aromatic N) is 1. The zero-order chi connectivity index (χ0) is 15.6. The summed E-state index contributed by atoms with van der Waals surface area (Å²) in [6.07, 6.45) is 1.29. The van der Waals surface area contributed by atoms with Crippen LogP contribution in [0.1, 0.15) is 34.5 Å². The molecule has 0 fully saturated rings. The Kier molecular flexibility index (Phi) is 4.07. The number of anilines is 2. The Labute approximate surface area is 121 Å². The minimum Gasteiger partial charge on any atom is -0.478 e. The van der Waals surface area contributed by atoms with Crippen molar-refractivity contribution in [1.29, 1.82) is 0 Å². The molecule has 1 atom stereocenters. The summed E-state index contributed by atoms with van der Waals surface area (Å²) in [4.78, 5) is 15.1. The van der Waals surface area contributed by atoms with E-state index in [1.165, 1.54) is 18.3 Å². The first kappa shape index (κ1) is 14.8. The van der Waals surface area contributed by atoms with E-state index in [2.05, 4.69) is 10.3 Å². The highest BCUT2D eigenvalue weighted by atomic mass is 19.1. The molecule has 0 saturated heterocycles. The summed E-state index contributed by atoms with van der Waals surface area (Å²) in [7, 11) is 0. The van der Waals surface area contributed by atoms with Gasteiger partial charge >= 0.3 is 5.97 Å². The number of rotatable bonds is 4. The van der Waals surface area contributed by atoms with E-state index in [1.807, 2.05) is 13.0 Å². The number of aromatic carboxylic acids is 1. The van der Waals surface area contributed by atoms with Crippen molar-refractivity contribution < 1.29 is 14.3 Å². The highest BCUT2D eigenvalue weighted by Crippen LogP contribution is 2.22. The molecule has 0 spiro atoms. The number of aryl methyl sites for hydroxylation is 1. The third-order valence-electron chi connectivity index (χ3n) is 3.23. The van der Waals surface area contributed by atoms with Crippen molar-refractivity contribution in [2.45, 2.75) is 19.9 Å². The second-order valence-electron chi connectivity index (χ2n) is 4.84. The van der Waals surface area contributed by atoms with Crippen molar-refractivity contribution in [3.8, 4) is 0 Å². The maximum Gasteiger partial charge on any atom is 0.337 e. The number of carbonyl (C=O) groups is 1. The van der Waals surface area contributed by atoms with E-state index in [0.29, 0.717) is 11.4 Å². The number of carboxylic acids is 1. The zero-order valence-electron chi connectivity index (χ0n) is 11.7. The molecular formula is C15H16FN3O2. The molecule has 2 rings (SSSR count). The Bertz CT molecular complexity index is 689. The molecule has 4 N–H and O–H groups in total. The van der Waals surface area contributed by atoms with Crippen LogP contribution in [-0.2, 0) is 0 Å². The molecule has 1 aromatic heterocycles. The Balaban J connectivity index is 2.23. The lowest BCUT2D eigenvalue weighted by atomic mass is 10.1. The largest absolute Gasteiger partial charge is 0.478 e. The molecule has 21 heavy (non-hydrogen) atoms. The van der Waals surface area contributed by atoms with Crippen molar-refractivity contribution in [2.24, 2.45) is 0 Å². The highest BCUT2D eigenvalue weighted by molar-refractivity contribution is 5.94. The van der Waals surface area contributed by atoms with Crippen molar-refractivity contribution in [3.63, 3.8) is 0 Å². The van der Waals surface area contributed by atoms with E-state index in [0.717, 1.165) is 5.56 Å². The fraction of sp³-hybridized carbons (Fsp3) is 0.200. The number of halogens is 1. The Hall–Kier alpha value is -2.63. The van der Waals surface area contributed by atoms with Crippen LogP contribution in [0.25, 0.3) is 0 Å². The van der Waals surface area contributed by atoms with Gasteiger partial charge in [-0.25, -0.2) is 14.2 Å². The summed E-state index contributed by atoms with van der Waals surface area (Å²) in [5.74, 6) is -1.03. The summed E-state index contributed by atoms with van der Waals surface area (Å²) in [5.41, 5.74) is 6.95. The van der Waals surface area contributed by atoms with E-state index >= 15 is 0 Å². The van der Waals surface area contributed by atoms with Crippen molar-refractivity contribution in [3.05, 3.63) is 53.0 Å². The summed E-state index contributed by atoms with van der Waals surface area (Å²) in [6, 6.07) is 6.09. The van der Waals surface area contributed by atoms with E-state index < -0.39 is 5.97 Å². The van der Waals surface area contributed by atoms with E-state index in [-0.39, 0.29) is 23.1 Å². The smallest absolute Gasteiger partial charge is 0.337 e. The number of hydrogen-bond acceptors (Lipinski definition) is 4. The molecule has 0 saturated carbocycles. The zero-order valence-corrected chi connectivity index (χ0v) is 11.7. The quantitative estimate of drug-likeness (QED) is 0.805. The normalized spacial score (nSPS) is 12.0. The predicted octanol–water partition coefficient (Wildman–Crippen LogP) is 2.98. The van der Waals surface area contributed by atoms with Gasteiger partial charge in [0, 0.05) is 0 Å². The fourth-order valence-corrected chi connectivity index (χ4v) is 1.91. The first-order valence-corrected chi connectivity index (χ1v) is 6.40. The number of pyridine rings is 1. The van der Waals surface area contributed by atoms with Crippen LogP contribution in [0.3, 0.4) is 0 Å². The molecule has 6 heteroatoms. The lowest BCUT2D eigenvalue weighted by Gasteiger charge is -2.16. The van der Waals surface area contributed by atoms with Crippen molar-refractivity contribution in [1.82, 2.24) is 4.98 Å². The predicted molar refractivity (Wildman–Crippen MR) is 78.8 cm³/mol. The monoisotopic (exact) mass is 289 g/mol. The number of carboxylic acid groups (broad SMARTS) is 1. The minimum atomic E-state index is -1.12. The molecule has 1 aromatic carbocycles. The van der Waals surface area contributed by atoms with E-state index in [1.54, 1.807) is 13.0 Å². The number of nitrogens with one attached hydrogen (secondary N) is 1. The lowest BCUT2D eigenvalue weighted by molar-refractivity contribution is 0.0698. The van der Waals surface area contributed by atoms with Gasteiger partial charge in [-0.05, 0) is 37.1 Å². The minimum absolute atomic E-state index is 0.0187. The Morgan fingerprint density at radius 1 is 1.43 bits per heavy atom. The molecule has 0 aliphatic carbocycles. The van der Waals surface area contributed by atoms with Crippen LogP contribution in [0.2, 0.25) is 0 Å². The third-order valence-corrected chi connectivity index (χ3v) is 3.23. The molecule has 0 amide bonds. The molecule has 110 valence electrons. The molecule has 2 aromatic rings. The van der Waals surface area contributed by atoms with Gasteiger partial charge in [0.15, 0.2) is 0 Å². The topological polar surface area (TPSA) is 88.2 Å². The molecular weight excluding hydrogens is 273 g/mol. The molecule has 1 unspecified atom stereocenters. The second-order valence-corrected chi connectivity index (χ2v) is 4.84. The summed E-state index contributed by atoms with van der Waals surface area (Å²) < 4.78 is 13.6. The van der Waals surface area contributed by atoms with Gasteiger partial charge in [0.05, 0.1) is 23.5 Å². The summed E-state index contributed by atoms with van der Waals surface area (Å²) >= 11 is 0. The average molecular weight is 289 g/mol. The molecule has 1 heterocycles. The maximum atomic E-state index is 13.6. The van der Waals surface area contributed by atoms with Crippen LogP contribution in [0.4, 0.5) is 15.9 Å². The van der Waals surface area contributed by atoms with Crippen molar-refractivity contribution >= 4 is 17.5 Å². The number of hydrogen-bond donors (Lipinski definition) is 3. The van der Waals surface area contributed by atoms with Gasteiger partial charge in [-0.3, -0.25) is 0 Å². The van der Waals surface area contributed by atoms with Crippen LogP contribution >= 0.6 is 0 Å². The molecule has 0 aliphatic rings. The van der Waals surface area contributed by atoms with Gasteiger partial charge in [0.1, 0.15) is 11.6 Å². The SMILES string of the molecule is Cc1ccc(C(C)Nc2cc(C(=O)O)c(N)cn2)cc1F. The third kappa shape index (κ3) is 3.28. The van der Waals surface area contributed by atoms with Crippen LogP contribution in [0, 0.1) is 12.7 Å².